The van der Waals surface area contributed by atoms with Gasteiger partial charge in [-0.3, -0.25) is 4.79 Å². The van der Waals surface area contributed by atoms with Crippen molar-refractivity contribution in [1.29, 1.82) is 0 Å². The van der Waals surface area contributed by atoms with Crippen molar-refractivity contribution in [2.45, 2.75) is 19.6 Å². The van der Waals surface area contributed by atoms with Crippen molar-refractivity contribution in [1.82, 2.24) is 5.32 Å². The van der Waals surface area contributed by atoms with Gasteiger partial charge >= 0.3 is 5.97 Å². The van der Waals surface area contributed by atoms with Gasteiger partial charge in [0.1, 0.15) is 0 Å². The Bertz CT molecular complexity index is 436. The van der Waals surface area contributed by atoms with E-state index in [-0.39, 0.29) is 6.61 Å². The highest BCUT2D eigenvalue weighted by Crippen LogP contribution is 2.12. The van der Waals surface area contributed by atoms with Gasteiger partial charge in [-0.1, -0.05) is 28.1 Å². The minimum atomic E-state index is -1.11. The fraction of sp³-hybridized carbons (Fsp3) is 0.333. The number of ether oxygens (including phenoxy) is 1. The number of hydrogen-bond acceptors (Lipinski definition) is 3. The Labute approximate surface area is 113 Å². The van der Waals surface area contributed by atoms with Crippen LogP contribution in [0.1, 0.15) is 12.5 Å². The van der Waals surface area contributed by atoms with E-state index >= 15 is 0 Å². The van der Waals surface area contributed by atoms with Crippen molar-refractivity contribution < 1.29 is 19.4 Å². The molecule has 6 heteroatoms. The molecule has 18 heavy (non-hydrogen) atoms. The number of hydrogen-bond donors (Lipinski definition) is 2. The van der Waals surface area contributed by atoms with E-state index in [2.05, 4.69) is 21.2 Å². The van der Waals surface area contributed by atoms with Crippen LogP contribution in [0.4, 0.5) is 0 Å². The number of amides is 1. The van der Waals surface area contributed by atoms with Gasteiger partial charge in [-0.25, -0.2) is 4.79 Å². The van der Waals surface area contributed by atoms with Crippen LogP contribution in [0.5, 0.6) is 0 Å². The number of halogens is 1. The largest absolute Gasteiger partial charge is 0.480 e. The molecule has 1 atom stereocenters. The first-order chi connectivity index (χ1) is 8.49. The Morgan fingerprint density at radius 3 is 2.78 bits per heavy atom. The Morgan fingerprint density at radius 2 is 2.22 bits per heavy atom. The summed E-state index contributed by atoms with van der Waals surface area (Å²) in [6, 6.07) is 6.49. The molecule has 0 aliphatic carbocycles. The normalized spacial score (nSPS) is 11.9. The summed E-state index contributed by atoms with van der Waals surface area (Å²) < 4.78 is 6.21. The summed E-state index contributed by atoms with van der Waals surface area (Å²) in [7, 11) is 0. The molecule has 1 aromatic rings. The third kappa shape index (κ3) is 5.29. The predicted octanol–water partition coefficient (Wildman–Crippen LogP) is 1.55. The van der Waals surface area contributed by atoms with Crippen LogP contribution in [0.3, 0.4) is 0 Å². The van der Waals surface area contributed by atoms with Gasteiger partial charge in [-0.2, -0.15) is 0 Å². The Hall–Kier alpha value is -1.40. The highest BCUT2D eigenvalue weighted by atomic mass is 79.9. The maximum Gasteiger partial charge on any atom is 0.328 e. The molecule has 0 saturated heterocycles. The number of carbonyl (C=O) groups is 2. The number of carboxylic acids is 1. The molecule has 1 aromatic carbocycles. The van der Waals surface area contributed by atoms with Crippen LogP contribution in [0.15, 0.2) is 28.7 Å². The average molecular weight is 316 g/mol. The second-order valence-corrected chi connectivity index (χ2v) is 4.65. The van der Waals surface area contributed by atoms with E-state index in [0.717, 1.165) is 10.0 Å². The maximum absolute atomic E-state index is 10.8. The maximum atomic E-state index is 10.8. The van der Waals surface area contributed by atoms with Gasteiger partial charge < -0.3 is 15.2 Å². The van der Waals surface area contributed by atoms with Crippen molar-refractivity contribution >= 4 is 27.8 Å². The number of benzene rings is 1. The molecule has 0 fully saturated rings. The Balaban J connectivity index is 2.43. The zero-order valence-corrected chi connectivity index (χ0v) is 11.4. The first kappa shape index (κ1) is 14.7. The van der Waals surface area contributed by atoms with Crippen molar-refractivity contribution in [3.8, 4) is 0 Å². The molecule has 0 aliphatic rings. The zero-order valence-electron chi connectivity index (χ0n) is 9.85. The van der Waals surface area contributed by atoms with Gasteiger partial charge in [-0.05, 0) is 17.7 Å². The van der Waals surface area contributed by atoms with Gasteiger partial charge in [0.2, 0.25) is 5.91 Å². The van der Waals surface area contributed by atoms with Crippen molar-refractivity contribution in [2.24, 2.45) is 0 Å². The zero-order chi connectivity index (χ0) is 13.5. The van der Waals surface area contributed by atoms with Crippen molar-refractivity contribution in [3.05, 3.63) is 34.3 Å². The molecule has 0 spiro atoms. The van der Waals surface area contributed by atoms with Crippen LogP contribution in [0.25, 0.3) is 0 Å². The summed E-state index contributed by atoms with van der Waals surface area (Å²) in [5.74, 6) is -1.51. The molecule has 0 aliphatic heterocycles. The smallest absolute Gasteiger partial charge is 0.328 e. The lowest BCUT2D eigenvalue weighted by molar-refractivity contribution is -0.143. The number of carboxylic acid groups (broad SMARTS) is 1. The van der Waals surface area contributed by atoms with Crippen molar-refractivity contribution in [2.75, 3.05) is 6.61 Å². The average Bonchev–Trinajstić information content (AvgIpc) is 2.27. The molecule has 0 radical (unpaired) electrons. The standard InChI is InChI=1S/C12H14BrNO4/c1-8(15)14-11(12(16)17)7-18-6-9-3-2-4-10(13)5-9/h2-5,11H,6-7H2,1H3,(H,14,15)(H,16,17). The second kappa shape index (κ2) is 7.13. The van der Waals surface area contributed by atoms with E-state index in [0.29, 0.717) is 6.61 Å². The SMILES string of the molecule is CC(=O)NC(COCc1cccc(Br)c1)C(=O)O. The summed E-state index contributed by atoms with van der Waals surface area (Å²) in [5, 5.41) is 11.2. The van der Waals surface area contributed by atoms with Gasteiger partial charge in [-0.15, -0.1) is 0 Å². The molecule has 1 amide bonds. The summed E-state index contributed by atoms with van der Waals surface area (Å²) in [5.41, 5.74) is 0.927. The van der Waals surface area contributed by atoms with Crippen LogP contribution in [-0.2, 0) is 20.9 Å². The quantitative estimate of drug-likeness (QED) is 0.835. The monoisotopic (exact) mass is 315 g/mol. The highest BCUT2D eigenvalue weighted by molar-refractivity contribution is 9.10. The molecule has 5 nitrogen and oxygen atoms in total. The van der Waals surface area contributed by atoms with Crippen LogP contribution in [0, 0.1) is 0 Å². The van der Waals surface area contributed by atoms with Crippen LogP contribution in [0.2, 0.25) is 0 Å². The van der Waals surface area contributed by atoms with E-state index in [1.165, 1.54) is 6.92 Å². The topological polar surface area (TPSA) is 75.6 Å². The van der Waals surface area contributed by atoms with E-state index in [9.17, 15) is 9.59 Å². The fourth-order valence-corrected chi connectivity index (χ4v) is 1.79. The Kier molecular flexibility index (Phi) is 5.80. The van der Waals surface area contributed by atoms with Crippen LogP contribution in [-0.4, -0.2) is 29.6 Å². The summed E-state index contributed by atoms with van der Waals surface area (Å²) in [4.78, 5) is 21.6. The summed E-state index contributed by atoms with van der Waals surface area (Å²) >= 11 is 3.33. The lowest BCUT2D eigenvalue weighted by atomic mass is 10.2. The first-order valence-electron chi connectivity index (χ1n) is 5.31. The predicted molar refractivity (Wildman–Crippen MR) is 69.0 cm³/mol. The molecule has 0 heterocycles. The molecular formula is C12H14BrNO4. The van der Waals surface area contributed by atoms with Gasteiger partial charge in [0.05, 0.1) is 13.2 Å². The minimum Gasteiger partial charge on any atom is -0.480 e. The Morgan fingerprint density at radius 1 is 1.50 bits per heavy atom. The molecule has 0 saturated carbocycles. The third-order valence-electron chi connectivity index (χ3n) is 2.12. The van der Waals surface area contributed by atoms with Gasteiger partial charge in [0.25, 0.3) is 0 Å². The van der Waals surface area contributed by atoms with Crippen LogP contribution >= 0.6 is 15.9 Å². The summed E-state index contributed by atoms with van der Waals surface area (Å²) in [6.07, 6.45) is 0. The van der Waals surface area contributed by atoms with Gasteiger partial charge in [0, 0.05) is 11.4 Å². The minimum absolute atomic E-state index is 0.0680. The lowest BCUT2D eigenvalue weighted by Gasteiger charge is -2.13. The van der Waals surface area contributed by atoms with E-state index < -0.39 is 17.9 Å². The molecule has 1 rings (SSSR count). The summed E-state index contributed by atoms with van der Waals surface area (Å²) in [6.45, 7) is 1.49. The number of aliphatic carboxylic acids is 1. The molecule has 2 N–H and O–H groups in total. The third-order valence-corrected chi connectivity index (χ3v) is 2.61. The molecule has 0 aromatic heterocycles. The number of nitrogens with one attached hydrogen (secondary N) is 1. The van der Waals surface area contributed by atoms with E-state index in [4.69, 9.17) is 9.84 Å². The van der Waals surface area contributed by atoms with E-state index in [1.807, 2.05) is 24.3 Å². The number of rotatable bonds is 6. The lowest BCUT2D eigenvalue weighted by Crippen LogP contribution is -2.42. The second-order valence-electron chi connectivity index (χ2n) is 3.74. The molecule has 98 valence electrons. The number of carbonyl (C=O) groups excluding carboxylic acids is 1. The molecular weight excluding hydrogens is 302 g/mol. The van der Waals surface area contributed by atoms with Crippen LogP contribution < -0.4 is 5.32 Å². The van der Waals surface area contributed by atoms with E-state index in [1.54, 1.807) is 0 Å². The van der Waals surface area contributed by atoms with Gasteiger partial charge in [0.15, 0.2) is 6.04 Å². The highest BCUT2D eigenvalue weighted by Gasteiger charge is 2.18. The fourth-order valence-electron chi connectivity index (χ4n) is 1.34. The first-order valence-corrected chi connectivity index (χ1v) is 6.10. The molecule has 1 unspecified atom stereocenters. The molecule has 0 bridgehead atoms. The van der Waals surface area contributed by atoms with Crippen molar-refractivity contribution in [3.63, 3.8) is 0 Å².